The minimum absolute atomic E-state index is 0.165. The van der Waals surface area contributed by atoms with Crippen LogP contribution in [0.5, 0.6) is 0 Å². The Kier molecular flexibility index (Phi) is 4.31. The zero-order valence-corrected chi connectivity index (χ0v) is 10.3. The Morgan fingerprint density at radius 3 is 3.00 bits per heavy atom. The van der Waals surface area contributed by atoms with Gasteiger partial charge in [0.1, 0.15) is 0 Å². The van der Waals surface area contributed by atoms with Gasteiger partial charge >= 0.3 is 0 Å². The van der Waals surface area contributed by atoms with Crippen molar-refractivity contribution in [1.29, 1.82) is 0 Å². The second-order valence-electron chi connectivity index (χ2n) is 4.38. The maximum atomic E-state index is 6.01. The lowest BCUT2D eigenvalue weighted by Gasteiger charge is -2.43. The summed E-state index contributed by atoms with van der Waals surface area (Å²) in [4.78, 5) is 5.30. The summed E-state index contributed by atoms with van der Waals surface area (Å²) in [6.45, 7) is 3.63. The number of rotatable bonds is 3. The van der Waals surface area contributed by atoms with Crippen LogP contribution >= 0.6 is 11.8 Å². The highest BCUT2D eigenvalue weighted by Crippen LogP contribution is 2.37. The van der Waals surface area contributed by atoms with Crippen LogP contribution < -0.4 is 5.48 Å². The molecule has 2 heterocycles. The Morgan fingerprint density at radius 1 is 1.47 bits per heavy atom. The monoisotopic (exact) mass is 231 g/mol. The van der Waals surface area contributed by atoms with Gasteiger partial charge in [-0.2, -0.15) is 17.2 Å². The average molecular weight is 231 g/mol. The largest absolute Gasteiger partial charge is 0.375 e. The molecule has 0 amide bonds. The highest BCUT2D eigenvalue weighted by Gasteiger charge is 2.38. The van der Waals surface area contributed by atoms with E-state index < -0.39 is 0 Å². The van der Waals surface area contributed by atoms with E-state index in [9.17, 15) is 0 Å². The van der Waals surface area contributed by atoms with Crippen LogP contribution in [0.25, 0.3) is 0 Å². The Morgan fingerprint density at radius 2 is 2.27 bits per heavy atom. The van der Waals surface area contributed by atoms with E-state index in [1.807, 2.05) is 18.7 Å². The van der Waals surface area contributed by atoms with Crippen LogP contribution in [-0.4, -0.2) is 36.4 Å². The second kappa shape index (κ2) is 5.53. The quantitative estimate of drug-likeness (QED) is 0.752. The van der Waals surface area contributed by atoms with Crippen molar-refractivity contribution in [3.8, 4) is 0 Å². The molecular weight excluding hydrogens is 210 g/mol. The second-order valence-corrected chi connectivity index (χ2v) is 5.61. The molecule has 0 aliphatic carbocycles. The van der Waals surface area contributed by atoms with Crippen molar-refractivity contribution in [3.05, 3.63) is 0 Å². The van der Waals surface area contributed by atoms with E-state index in [4.69, 9.17) is 9.57 Å². The van der Waals surface area contributed by atoms with Gasteiger partial charge in [-0.15, -0.1) is 0 Å². The van der Waals surface area contributed by atoms with Crippen LogP contribution in [0.3, 0.4) is 0 Å². The van der Waals surface area contributed by atoms with Crippen LogP contribution in [-0.2, 0) is 9.57 Å². The van der Waals surface area contributed by atoms with Crippen molar-refractivity contribution in [1.82, 2.24) is 5.48 Å². The van der Waals surface area contributed by atoms with E-state index in [1.54, 1.807) is 0 Å². The lowest BCUT2D eigenvalue weighted by atomic mass is 9.86. The van der Waals surface area contributed by atoms with Gasteiger partial charge in [0.05, 0.1) is 12.2 Å². The zero-order chi connectivity index (χ0) is 10.6. The van der Waals surface area contributed by atoms with Gasteiger partial charge in [0.2, 0.25) is 0 Å². The number of hydrogen-bond acceptors (Lipinski definition) is 4. The van der Waals surface area contributed by atoms with E-state index in [0.717, 1.165) is 26.1 Å². The molecule has 0 bridgehead atoms. The summed E-state index contributed by atoms with van der Waals surface area (Å²) >= 11 is 2.05. The van der Waals surface area contributed by atoms with E-state index in [-0.39, 0.29) is 5.60 Å². The minimum atomic E-state index is 0.165. The number of ether oxygens (including phenoxy) is 1. The van der Waals surface area contributed by atoms with E-state index in [2.05, 4.69) is 5.48 Å². The minimum Gasteiger partial charge on any atom is -0.375 e. The SMILES string of the molecule is CCONC1CCOC2(CCSCC2)C1. The maximum Gasteiger partial charge on any atom is 0.0714 e. The summed E-state index contributed by atoms with van der Waals surface area (Å²) in [5.41, 5.74) is 3.32. The smallest absolute Gasteiger partial charge is 0.0714 e. The van der Waals surface area contributed by atoms with Crippen LogP contribution in [0.4, 0.5) is 0 Å². The Hall–Kier alpha value is 0.230. The van der Waals surface area contributed by atoms with Gasteiger partial charge in [0, 0.05) is 12.6 Å². The zero-order valence-electron chi connectivity index (χ0n) is 9.46. The van der Waals surface area contributed by atoms with E-state index in [1.165, 1.54) is 24.3 Å². The number of thioether (sulfide) groups is 1. The summed E-state index contributed by atoms with van der Waals surface area (Å²) < 4.78 is 6.01. The molecule has 2 fully saturated rings. The highest BCUT2D eigenvalue weighted by molar-refractivity contribution is 7.99. The van der Waals surface area contributed by atoms with Gasteiger partial charge in [-0.1, -0.05) is 0 Å². The van der Waals surface area contributed by atoms with Gasteiger partial charge in [-0.25, -0.2) is 0 Å². The fourth-order valence-electron chi connectivity index (χ4n) is 2.42. The van der Waals surface area contributed by atoms with Crippen LogP contribution in [0.1, 0.15) is 32.6 Å². The van der Waals surface area contributed by atoms with Gasteiger partial charge in [0.15, 0.2) is 0 Å². The molecule has 0 radical (unpaired) electrons. The topological polar surface area (TPSA) is 30.5 Å². The predicted molar refractivity (Wildman–Crippen MR) is 63.0 cm³/mol. The summed E-state index contributed by atoms with van der Waals surface area (Å²) in [6.07, 6.45) is 4.62. The first-order valence-corrected chi connectivity index (χ1v) is 7.09. The summed E-state index contributed by atoms with van der Waals surface area (Å²) in [5.74, 6) is 2.50. The van der Waals surface area contributed by atoms with E-state index >= 15 is 0 Å². The third-order valence-electron chi connectivity index (χ3n) is 3.29. The third kappa shape index (κ3) is 3.09. The lowest BCUT2D eigenvalue weighted by molar-refractivity contribution is -0.115. The molecule has 1 unspecified atom stereocenters. The molecule has 0 saturated carbocycles. The van der Waals surface area contributed by atoms with Crippen LogP contribution in [0, 0.1) is 0 Å². The third-order valence-corrected chi connectivity index (χ3v) is 4.28. The van der Waals surface area contributed by atoms with Crippen molar-refractivity contribution >= 4 is 11.8 Å². The molecule has 3 nitrogen and oxygen atoms in total. The normalized spacial score (nSPS) is 30.6. The molecule has 88 valence electrons. The van der Waals surface area contributed by atoms with Crippen molar-refractivity contribution in [2.24, 2.45) is 0 Å². The fourth-order valence-corrected chi connectivity index (χ4v) is 3.66. The van der Waals surface area contributed by atoms with Gasteiger partial charge in [-0.3, -0.25) is 0 Å². The standard InChI is InChI=1S/C11H21NO2S/c1-2-14-12-10-3-6-13-11(9-10)4-7-15-8-5-11/h10,12H,2-9H2,1H3. The lowest BCUT2D eigenvalue weighted by Crippen LogP contribution is -2.48. The molecule has 1 spiro atoms. The Labute approximate surface area is 96.2 Å². The fraction of sp³-hybridized carbons (Fsp3) is 1.00. The molecule has 2 saturated heterocycles. The first-order chi connectivity index (χ1) is 7.35. The molecule has 2 aliphatic heterocycles. The molecule has 1 N–H and O–H groups in total. The molecule has 4 heteroatoms. The van der Waals surface area contributed by atoms with Gasteiger partial charge in [0.25, 0.3) is 0 Å². The maximum absolute atomic E-state index is 6.01. The number of hydrogen-bond donors (Lipinski definition) is 1. The van der Waals surface area contributed by atoms with Crippen molar-refractivity contribution in [3.63, 3.8) is 0 Å². The van der Waals surface area contributed by atoms with Crippen LogP contribution in [0.15, 0.2) is 0 Å². The van der Waals surface area contributed by atoms with Crippen LogP contribution in [0.2, 0.25) is 0 Å². The summed E-state index contributed by atoms with van der Waals surface area (Å²) in [5, 5.41) is 0. The number of hydroxylamine groups is 1. The van der Waals surface area contributed by atoms with Crippen molar-refractivity contribution in [2.75, 3.05) is 24.7 Å². The average Bonchev–Trinajstić information content (AvgIpc) is 2.28. The summed E-state index contributed by atoms with van der Waals surface area (Å²) in [6, 6.07) is 0.488. The number of nitrogens with one attached hydrogen (secondary N) is 1. The molecule has 2 rings (SSSR count). The molecule has 0 aromatic carbocycles. The molecule has 0 aromatic rings. The molecule has 0 aromatic heterocycles. The van der Waals surface area contributed by atoms with Crippen molar-refractivity contribution < 1.29 is 9.57 Å². The Bertz CT molecular complexity index is 190. The summed E-state index contributed by atoms with van der Waals surface area (Å²) in [7, 11) is 0. The van der Waals surface area contributed by atoms with Gasteiger partial charge in [-0.05, 0) is 44.1 Å². The highest BCUT2D eigenvalue weighted by atomic mass is 32.2. The van der Waals surface area contributed by atoms with Gasteiger partial charge < -0.3 is 9.57 Å². The first-order valence-electron chi connectivity index (χ1n) is 5.94. The Balaban J connectivity index is 1.85. The van der Waals surface area contributed by atoms with Crippen molar-refractivity contribution in [2.45, 2.75) is 44.2 Å². The predicted octanol–water partition coefficient (Wildman–Crippen LogP) is 1.97. The molecular formula is C11H21NO2S. The van der Waals surface area contributed by atoms with E-state index in [0.29, 0.717) is 6.04 Å². The first kappa shape index (κ1) is 11.7. The molecule has 15 heavy (non-hydrogen) atoms. The molecule has 2 aliphatic rings. The molecule has 1 atom stereocenters.